The van der Waals surface area contributed by atoms with Gasteiger partial charge in [-0.25, -0.2) is 0 Å². The zero-order valence-corrected chi connectivity index (χ0v) is 11.1. The maximum atomic E-state index is 11.5. The quantitative estimate of drug-likeness (QED) is 0.830. The fourth-order valence-corrected chi connectivity index (χ4v) is 2.91. The Morgan fingerprint density at radius 2 is 2.07 bits per heavy atom. The second-order valence-corrected chi connectivity index (χ2v) is 5.21. The molecule has 1 aliphatic heterocycles. The first kappa shape index (κ1) is 11.1. The van der Waals surface area contributed by atoms with E-state index in [1.807, 2.05) is 12.1 Å². The summed E-state index contributed by atoms with van der Waals surface area (Å²) in [6, 6.07) is 3.87. The summed E-state index contributed by atoms with van der Waals surface area (Å²) < 4.78 is 1.89. The molecule has 0 spiro atoms. The van der Waals surface area contributed by atoms with Gasteiger partial charge in [-0.2, -0.15) is 0 Å². The highest BCUT2D eigenvalue weighted by molar-refractivity contribution is 9.11. The topological polar surface area (TPSA) is 55.1 Å². The number of halogens is 2. The van der Waals surface area contributed by atoms with Crippen LogP contribution < -0.4 is 11.1 Å². The largest absolute Gasteiger partial charge is 0.330 e. The van der Waals surface area contributed by atoms with Crippen molar-refractivity contribution in [2.24, 2.45) is 5.73 Å². The summed E-state index contributed by atoms with van der Waals surface area (Å²) in [5.41, 5.74) is 7.62. The molecule has 0 radical (unpaired) electrons. The van der Waals surface area contributed by atoms with E-state index in [-0.39, 0.29) is 11.8 Å². The predicted octanol–water partition coefficient (Wildman–Crippen LogP) is 2.60. The van der Waals surface area contributed by atoms with Crippen LogP contribution in [0.4, 0.5) is 5.69 Å². The number of fused-ring (bicyclic) bond motifs is 1. The number of carbonyl (C=O) groups is 1. The molecule has 1 aromatic rings. The SMILES string of the molecule is NCC1CC(=O)Nc2c(Br)ccc(Br)c21. The van der Waals surface area contributed by atoms with Crippen molar-refractivity contribution in [1.82, 2.24) is 0 Å². The summed E-state index contributed by atoms with van der Waals surface area (Å²) in [5, 5.41) is 2.86. The van der Waals surface area contributed by atoms with Gasteiger partial charge in [0.2, 0.25) is 5.91 Å². The number of carbonyl (C=O) groups excluding carboxylic acids is 1. The van der Waals surface area contributed by atoms with Gasteiger partial charge >= 0.3 is 0 Å². The average Bonchev–Trinajstić information content (AvgIpc) is 2.22. The highest BCUT2D eigenvalue weighted by atomic mass is 79.9. The fourth-order valence-electron chi connectivity index (χ4n) is 1.81. The lowest BCUT2D eigenvalue weighted by atomic mass is 9.91. The van der Waals surface area contributed by atoms with Gasteiger partial charge in [0.1, 0.15) is 0 Å². The monoisotopic (exact) mass is 332 g/mol. The van der Waals surface area contributed by atoms with Crippen molar-refractivity contribution in [2.75, 3.05) is 11.9 Å². The van der Waals surface area contributed by atoms with Gasteiger partial charge in [-0.1, -0.05) is 15.9 Å². The van der Waals surface area contributed by atoms with Gasteiger partial charge in [-0.15, -0.1) is 0 Å². The van der Waals surface area contributed by atoms with Crippen LogP contribution in [0.1, 0.15) is 17.9 Å². The highest BCUT2D eigenvalue weighted by Gasteiger charge is 2.27. The smallest absolute Gasteiger partial charge is 0.225 e. The van der Waals surface area contributed by atoms with E-state index in [0.29, 0.717) is 13.0 Å². The number of hydrogen-bond donors (Lipinski definition) is 2. The molecule has 0 saturated carbocycles. The van der Waals surface area contributed by atoms with Gasteiger partial charge in [-0.05, 0) is 40.2 Å². The molecule has 3 N–H and O–H groups in total. The van der Waals surface area contributed by atoms with Crippen LogP contribution in [0.15, 0.2) is 21.1 Å². The minimum atomic E-state index is 0.0248. The summed E-state index contributed by atoms with van der Waals surface area (Å²) in [4.78, 5) is 11.5. The first-order valence-electron chi connectivity index (χ1n) is 4.61. The van der Waals surface area contributed by atoms with E-state index in [2.05, 4.69) is 37.2 Å². The van der Waals surface area contributed by atoms with Gasteiger partial charge in [0.15, 0.2) is 0 Å². The number of rotatable bonds is 1. The Morgan fingerprint density at radius 1 is 1.40 bits per heavy atom. The third-order valence-corrected chi connectivity index (χ3v) is 3.88. The number of anilines is 1. The van der Waals surface area contributed by atoms with E-state index in [1.54, 1.807) is 0 Å². The second-order valence-electron chi connectivity index (χ2n) is 3.50. The van der Waals surface area contributed by atoms with Crippen molar-refractivity contribution in [3.05, 3.63) is 26.6 Å². The number of amides is 1. The zero-order valence-electron chi connectivity index (χ0n) is 7.89. The molecule has 0 fully saturated rings. The van der Waals surface area contributed by atoms with Crippen molar-refractivity contribution in [1.29, 1.82) is 0 Å². The van der Waals surface area contributed by atoms with Crippen molar-refractivity contribution < 1.29 is 4.79 Å². The minimum absolute atomic E-state index is 0.0248. The van der Waals surface area contributed by atoms with Gasteiger partial charge in [0, 0.05) is 21.3 Å². The average molecular weight is 334 g/mol. The fraction of sp³-hybridized carbons (Fsp3) is 0.300. The lowest BCUT2D eigenvalue weighted by molar-refractivity contribution is -0.116. The number of nitrogens with two attached hydrogens (primary N) is 1. The molecule has 1 atom stereocenters. The van der Waals surface area contributed by atoms with Crippen molar-refractivity contribution in [2.45, 2.75) is 12.3 Å². The molecule has 3 nitrogen and oxygen atoms in total. The normalized spacial score (nSPS) is 19.7. The molecule has 2 rings (SSSR count). The van der Waals surface area contributed by atoms with Gasteiger partial charge in [-0.3, -0.25) is 4.79 Å². The number of nitrogens with one attached hydrogen (secondary N) is 1. The van der Waals surface area contributed by atoms with Gasteiger partial charge in [0.25, 0.3) is 0 Å². The Bertz CT molecular complexity index is 420. The summed E-state index contributed by atoms with van der Waals surface area (Å²) in [6.07, 6.45) is 0.457. The van der Waals surface area contributed by atoms with Crippen LogP contribution in [0.2, 0.25) is 0 Å². The van der Waals surface area contributed by atoms with E-state index in [1.165, 1.54) is 0 Å². The lowest BCUT2D eigenvalue weighted by Gasteiger charge is -2.26. The second kappa shape index (κ2) is 4.23. The Labute approximate surface area is 105 Å². The maximum Gasteiger partial charge on any atom is 0.225 e. The molecule has 1 amide bonds. The van der Waals surface area contributed by atoms with E-state index >= 15 is 0 Å². The molecule has 1 aromatic carbocycles. The molecule has 15 heavy (non-hydrogen) atoms. The maximum absolute atomic E-state index is 11.5. The van der Waals surface area contributed by atoms with E-state index in [9.17, 15) is 4.79 Å². The Balaban J connectivity index is 2.59. The third-order valence-electron chi connectivity index (χ3n) is 2.53. The van der Waals surface area contributed by atoms with Crippen LogP contribution in [0.3, 0.4) is 0 Å². The molecule has 0 bridgehead atoms. The zero-order chi connectivity index (χ0) is 11.0. The van der Waals surface area contributed by atoms with Gasteiger partial charge in [0.05, 0.1) is 5.69 Å². The van der Waals surface area contributed by atoms with Crippen LogP contribution in [0, 0.1) is 0 Å². The van der Waals surface area contributed by atoms with Crippen LogP contribution in [0.5, 0.6) is 0 Å². The van der Waals surface area contributed by atoms with Crippen LogP contribution in [-0.4, -0.2) is 12.5 Å². The molecule has 0 aliphatic carbocycles. The Morgan fingerprint density at radius 3 is 2.73 bits per heavy atom. The number of hydrogen-bond acceptors (Lipinski definition) is 2. The van der Waals surface area contributed by atoms with Gasteiger partial charge < -0.3 is 11.1 Å². The van der Waals surface area contributed by atoms with Crippen molar-refractivity contribution >= 4 is 43.5 Å². The third kappa shape index (κ3) is 1.96. The summed E-state index contributed by atoms with van der Waals surface area (Å²) >= 11 is 6.91. The first-order valence-corrected chi connectivity index (χ1v) is 6.20. The highest BCUT2D eigenvalue weighted by Crippen LogP contribution is 2.41. The Kier molecular flexibility index (Phi) is 3.13. The van der Waals surface area contributed by atoms with Crippen LogP contribution in [-0.2, 0) is 4.79 Å². The molecule has 5 heteroatoms. The van der Waals surface area contributed by atoms with Crippen molar-refractivity contribution in [3.63, 3.8) is 0 Å². The molecule has 1 aliphatic rings. The Hall–Kier alpha value is -0.390. The number of benzene rings is 1. The molecule has 0 saturated heterocycles. The first-order chi connectivity index (χ1) is 7.13. The van der Waals surface area contributed by atoms with Crippen molar-refractivity contribution in [3.8, 4) is 0 Å². The summed E-state index contributed by atoms with van der Waals surface area (Å²) in [6.45, 7) is 0.482. The summed E-state index contributed by atoms with van der Waals surface area (Å²) in [5.74, 6) is 0.123. The standard InChI is InChI=1S/C10H10Br2N2O/c11-6-1-2-7(12)10-9(6)5(4-13)3-8(15)14-10/h1-2,5H,3-4,13H2,(H,14,15). The predicted molar refractivity (Wildman–Crippen MR) is 66.9 cm³/mol. The molecule has 80 valence electrons. The van der Waals surface area contributed by atoms with Crippen LogP contribution in [0.25, 0.3) is 0 Å². The lowest BCUT2D eigenvalue weighted by Crippen LogP contribution is -2.27. The van der Waals surface area contributed by atoms with E-state index in [4.69, 9.17) is 5.73 Å². The molecule has 1 unspecified atom stereocenters. The van der Waals surface area contributed by atoms with Crippen LogP contribution >= 0.6 is 31.9 Å². The minimum Gasteiger partial charge on any atom is -0.330 e. The molecular formula is C10H10Br2N2O. The van der Waals surface area contributed by atoms with E-state index < -0.39 is 0 Å². The molecule has 1 heterocycles. The molecular weight excluding hydrogens is 324 g/mol. The summed E-state index contributed by atoms with van der Waals surface area (Å²) in [7, 11) is 0. The van der Waals surface area contributed by atoms with E-state index in [0.717, 1.165) is 20.2 Å². The molecule has 0 aromatic heterocycles.